The van der Waals surface area contributed by atoms with Gasteiger partial charge in [-0.2, -0.15) is 0 Å². The van der Waals surface area contributed by atoms with E-state index in [1.807, 2.05) is 18.2 Å². The van der Waals surface area contributed by atoms with E-state index in [1.54, 1.807) is 0 Å². The van der Waals surface area contributed by atoms with Gasteiger partial charge in [0.1, 0.15) is 0 Å². The molecular weight excluding hydrogens is 164 g/mol. The fourth-order valence-corrected chi connectivity index (χ4v) is 1.66. The number of rotatable bonds is 2. The van der Waals surface area contributed by atoms with Crippen LogP contribution in [-0.4, -0.2) is 5.91 Å². The highest BCUT2D eigenvalue weighted by atomic mass is 16.2. The van der Waals surface area contributed by atoms with E-state index in [9.17, 15) is 4.79 Å². The summed E-state index contributed by atoms with van der Waals surface area (Å²) in [6, 6.07) is 10.1. The predicted octanol–water partition coefficient (Wildman–Crippen LogP) is 0.780. The van der Waals surface area contributed by atoms with Gasteiger partial charge in [0.2, 0.25) is 5.91 Å². The molecule has 0 saturated heterocycles. The normalized spacial score (nSPS) is 25.3. The van der Waals surface area contributed by atoms with Gasteiger partial charge in [-0.1, -0.05) is 30.3 Å². The molecule has 2 atom stereocenters. The molecule has 1 saturated carbocycles. The van der Waals surface area contributed by atoms with Crippen molar-refractivity contribution in [2.45, 2.75) is 12.3 Å². The molecule has 1 aliphatic rings. The summed E-state index contributed by atoms with van der Waals surface area (Å²) in [6.07, 6.45) is 0.924. The van der Waals surface area contributed by atoms with Gasteiger partial charge in [0.05, 0.1) is 0 Å². The molecule has 68 valence electrons. The SMILES string of the molecule is NNC(=O)[C@H]1C[C@H]1c1ccccc1. The molecule has 1 aliphatic carbocycles. The van der Waals surface area contributed by atoms with E-state index in [1.165, 1.54) is 5.56 Å². The maximum Gasteiger partial charge on any atom is 0.237 e. The first-order chi connectivity index (χ1) is 6.33. The van der Waals surface area contributed by atoms with E-state index in [0.29, 0.717) is 5.92 Å². The Bertz CT molecular complexity index is 310. The van der Waals surface area contributed by atoms with Gasteiger partial charge in [-0.15, -0.1) is 0 Å². The highest BCUT2D eigenvalue weighted by Gasteiger charge is 2.43. The molecule has 0 aromatic heterocycles. The van der Waals surface area contributed by atoms with E-state index in [2.05, 4.69) is 17.6 Å². The van der Waals surface area contributed by atoms with Crippen LogP contribution in [0.3, 0.4) is 0 Å². The monoisotopic (exact) mass is 176 g/mol. The summed E-state index contributed by atoms with van der Waals surface area (Å²) in [5.41, 5.74) is 3.42. The molecule has 3 heteroatoms. The van der Waals surface area contributed by atoms with Crippen LogP contribution < -0.4 is 11.3 Å². The minimum absolute atomic E-state index is 0.0474. The fourth-order valence-electron chi connectivity index (χ4n) is 1.66. The fraction of sp³-hybridized carbons (Fsp3) is 0.300. The van der Waals surface area contributed by atoms with Crippen LogP contribution in [-0.2, 0) is 4.79 Å². The third-order valence-corrected chi connectivity index (χ3v) is 2.50. The molecule has 0 aliphatic heterocycles. The Labute approximate surface area is 76.9 Å². The lowest BCUT2D eigenvalue weighted by Gasteiger charge is -1.98. The van der Waals surface area contributed by atoms with Crippen LogP contribution >= 0.6 is 0 Å². The second-order valence-electron chi connectivity index (χ2n) is 3.37. The van der Waals surface area contributed by atoms with E-state index in [0.717, 1.165) is 6.42 Å². The average Bonchev–Trinajstić information content (AvgIpc) is 2.98. The molecule has 0 radical (unpaired) electrons. The Hall–Kier alpha value is -1.35. The van der Waals surface area contributed by atoms with Gasteiger partial charge in [0.15, 0.2) is 0 Å². The number of nitrogens with two attached hydrogens (primary N) is 1. The first kappa shape index (κ1) is 8.26. The number of benzene rings is 1. The van der Waals surface area contributed by atoms with E-state index < -0.39 is 0 Å². The zero-order valence-electron chi connectivity index (χ0n) is 7.23. The summed E-state index contributed by atoms with van der Waals surface area (Å²) in [7, 11) is 0. The van der Waals surface area contributed by atoms with E-state index in [-0.39, 0.29) is 11.8 Å². The number of amides is 1. The first-order valence-corrected chi connectivity index (χ1v) is 4.38. The summed E-state index contributed by atoms with van der Waals surface area (Å²) in [4.78, 5) is 11.1. The van der Waals surface area contributed by atoms with Crippen molar-refractivity contribution in [1.82, 2.24) is 5.43 Å². The first-order valence-electron chi connectivity index (χ1n) is 4.38. The van der Waals surface area contributed by atoms with Crippen molar-refractivity contribution in [2.75, 3.05) is 0 Å². The minimum atomic E-state index is -0.0474. The van der Waals surface area contributed by atoms with Crippen molar-refractivity contribution in [3.63, 3.8) is 0 Å². The zero-order chi connectivity index (χ0) is 9.26. The second kappa shape index (κ2) is 3.18. The van der Waals surface area contributed by atoms with Crippen molar-refractivity contribution < 1.29 is 4.79 Å². The third-order valence-electron chi connectivity index (χ3n) is 2.50. The predicted molar refractivity (Wildman–Crippen MR) is 49.6 cm³/mol. The lowest BCUT2D eigenvalue weighted by atomic mass is 10.1. The number of nitrogens with one attached hydrogen (secondary N) is 1. The van der Waals surface area contributed by atoms with Crippen LogP contribution in [0.1, 0.15) is 17.9 Å². The largest absolute Gasteiger partial charge is 0.294 e. The van der Waals surface area contributed by atoms with Crippen LogP contribution in [0.2, 0.25) is 0 Å². The Balaban J connectivity index is 2.04. The number of hydrogen-bond donors (Lipinski definition) is 2. The molecule has 1 aromatic rings. The summed E-state index contributed by atoms with van der Waals surface area (Å²) in [5, 5.41) is 0. The van der Waals surface area contributed by atoms with Crippen LogP contribution in [0.4, 0.5) is 0 Å². The molecule has 1 aromatic carbocycles. The van der Waals surface area contributed by atoms with Gasteiger partial charge >= 0.3 is 0 Å². The molecule has 0 bridgehead atoms. The lowest BCUT2D eigenvalue weighted by molar-refractivity contribution is -0.122. The molecule has 0 spiro atoms. The van der Waals surface area contributed by atoms with Gasteiger partial charge in [0, 0.05) is 5.92 Å². The third kappa shape index (κ3) is 1.55. The molecule has 0 unspecified atom stereocenters. The average molecular weight is 176 g/mol. The maximum atomic E-state index is 11.1. The van der Waals surface area contributed by atoms with Gasteiger partial charge in [-0.05, 0) is 17.9 Å². The smallest absolute Gasteiger partial charge is 0.237 e. The molecule has 3 nitrogen and oxygen atoms in total. The Kier molecular flexibility index (Phi) is 2.02. The van der Waals surface area contributed by atoms with Crippen LogP contribution in [0, 0.1) is 5.92 Å². The topological polar surface area (TPSA) is 55.1 Å². The lowest BCUT2D eigenvalue weighted by Crippen LogP contribution is -2.31. The van der Waals surface area contributed by atoms with Crippen molar-refractivity contribution in [3.8, 4) is 0 Å². The zero-order valence-corrected chi connectivity index (χ0v) is 7.23. The standard InChI is InChI=1S/C10H12N2O/c11-12-10(13)9-6-8(9)7-4-2-1-3-5-7/h1-5,8-9H,6,11H2,(H,12,13)/t8-,9-/m0/s1. The Morgan fingerprint density at radius 2 is 2.08 bits per heavy atom. The highest BCUT2D eigenvalue weighted by molar-refractivity contribution is 5.82. The Morgan fingerprint density at radius 1 is 1.38 bits per heavy atom. The number of hydrogen-bond acceptors (Lipinski definition) is 2. The molecular formula is C10H12N2O. The second-order valence-corrected chi connectivity index (χ2v) is 3.37. The Morgan fingerprint density at radius 3 is 2.69 bits per heavy atom. The van der Waals surface area contributed by atoms with Crippen LogP contribution in [0.25, 0.3) is 0 Å². The van der Waals surface area contributed by atoms with Crippen molar-refractivity contribution in [3.05, 3.63) is 35.9 Å². The molecule has 3 N–H and O–H groups in total. The summed E-state index contributed by atoms with van der Waals surface area (Å²) < 4.78 is 0. The van der Waals surface area contributed by atoms with Crippen molar-refractivity contribution >= 4 is 5.91 Å². The molecule has 1 fully saturated rings. The van der Waals surface area contributed by atoms with E-state index in [4.69, 9.17) is 5.84 Å². The summed E-state index contributed by atoms with van der Waals surface area (Å²) in [6.45, 7) is 0. The van der Waals surface area contributed by atoms with Crippen LogP contribution in [0.5, 0.6) is 0 Å². The summed E-state index contributed by atoms with van der Waals surface area (Å²) in [5.74, 6) is 5.48. The van der Waals surface area contributed by atoms with Crippen molar-refractivity contribution in [2.24, 2.45) is 11.8 Å². The molecule has 0 heterocycles. The van der Waals surface area contributed by atoms with Gasteiger partial charge < -0.3 is 0 Å². The molecule has 1 amide bonds. The van der Waals surface area contributed by atoms with Gasteiger partial charge in [-0.25, -0.2) is 5.84 Å². The highest BCUT2D eigenvalue weighted by Crippen LogP contribution is 2.47. The van der Waals surface area contributed by atoms with Gasteiger partial charge in [0.25, 0.3) is 0 Å². The van der Waals surface area contributed by atoms with Crippen molar-refractivity contribution in [1.29, 1.82) is 0 Å². The minimum Gasteiger partial charge on any atom is -0.294 e. The quantitative estimate of drug-likeness (QED) is 0.397. The number of carbonyl (C=O) groups excluding carboxylic acids is 1. The van der Waals surface area contributed by atoms with Crippen LogP contribution in [0.15, 0.2) is 30.3 Å². The van der Waals surface area contributed by atoms with E-state index >= 15 is 0 Å². The summed E-state index contributed by atoms with van der Waals surface area (Å²) >= 11 is 0. The van der Waals surface area contributed by atoms with Gasteiger partial charge in [-0.3, -0.25) is 10.2 Å². The number of carbonyl (C=O) groups is 1. The number of hydrazine groups is 1. The maximum absolute atomic E-state index is 11.1. The molecule has 2 rings (SSSR count). The molecule has 13 heavy (non-hydrogen) atoms.